The van der Waals surface area contributed by atoms with E-state index in [0.29, 0.717) is 32.4 Å². The fourth-order valence-electron chi connectivity index (χ4n) is 4.59. The summed E-state index contributed by atoms with van der Waals surface area (Å²) in [6.45, 7) is 0.740. The molecule has 1 unspecified atom stereocenters. The molecule has 1 aliphatic heterocycles. The average molecular weight is 493 g/mol. The first-order valence-corrected chi connectivity index (χ1v) is 12.6. The minimum absolute atomic E-state index is 0. The second-order valence-corrected chi connectivity index (χ2v) is 10.4. The first-order valence-electron chi connectivity index (χ1n) is 11.2. The molecule has 0 spiro atoms. The molecule has 1 aliphatic carbocycles. The molecule has 1 amide bonds. The first-order chi connectivity index (χ1) is 14.7. The first kappa shape index (κ1) is 29.4. The summed E-state index contributed by atoms with van der Waals surface area (Å²) in [6.07, 6.45) is 4.89. The van der Waals surface area contributed by atoms with E-state index in [-0.39, 0.29) is 37.6 Å². The molecule has 33 heavy (non-hydrogen) atoms. The highest BCUT2D eigenvalue weighted by Gasteiger charge is 2.36. The van der Waals surface area contributed by atoms with Gasteiger partial charge in [-0.3, -0.25) is 4.79 Å². The third-order valence-electron chi connectivity index (χ3n) is 6.36. The van der Waals surface area contributed by atoms with Crippen LogP contribution in [-0.2, 0) is 21.0 Å². The van der Waals surface area contributed by atoms with Gasteiger partial charge in [0.2, 0.25) is 15.9 Å². The van der Waals surface area contributed by atoms with Crippen LogP contribution in [0.5, 0.6) is 0 Å². The third kappa shape index (κ3) is 7.70. The number of carbonyl (C=O) groups is 1. The number of halogens is 3. The molecular weight excluding hydrogens is 453 g/mol. The van der Waals surface area contributed by atoms with Gasteiger partial charge in [0.25, 0.3) is 0 Å². The molecule has 2 aliphatic rings. The summed E-state index contributed by atoms with van der Waals surface area (Å²) in [6, 6.07) is 3.37. The Morgan fingerprint density at radius 3 is 2.09 bits per heavy atom. The van der Waals surface area contributed by atoms with E-state index in [2.05, 4.69) is 5.32 Å². The van der Waals surface area contributed by atoms with Crippen LogP contribution in [0.1, 0.15) is 84.6 Å². The summed E-state index contributed by atoms with van der Waals surface area (Å²) < 4.78 is 65.6. The smallest absolute Gasteiger partial charge is 0.356 e. The summed E-state index contributed by atoms with van der Waals surface area (Å²) >= 11 is 0. The van der Waals surface area contributed by atoms with Crippen molar-refractivity contribution in [3.63, 3.8) is 0 Å². The molecule has 5 nitrogen and oxygen atoms in total. The van der Waals surface area contributed by atoms with Crippen LogP contribution in [0.3, 0.4) is 0 Å². The summed E-state index contributed by atoms with van der Waals surface area (Å²) in [4.78, 5) is 12.4. The molecule has 9 heteroatoms. The Morgan fingerprint density at radius 2 is 1.52 bits per heavy atom. The lowest BCUT2D eigenvalue weighted by molar-refractivity contribution is -0.137. The molecule has 1 aromatic rings. The van der Waals surface area contributed by atoms with Gasteiger partial charge in [0.1, 0.15) is 0 Å². The highest BCUT2D eigenvalue weighted by Crippen LogP contribution is 2.32. The second-order valence-electron chi connectivity index (χ2n) is 8.56. The quantitative estimate of drug-likeness (QED) is 0.530. The van der Waals surface area contributed by atoms with E-state index in [1.807, 2.05) is 0 Å². The molecule has 190 valence electrons. The largest absolute Gasteiger partial charge is 0.416 e. The lowest BCUT2D eigenvalue weighted by Gasteiger charge is -2.25. The molecule has 1 saturated carbocycles. The van der Waals surface area contributed by atoms with Crippen molar-refractivity contribution in [2.24, 2.45) is 5.92 Å². The number of benzene rings is 1. The lowest BCUT2D eigenvalue weighted by Crippen LogP contribution is -2.39. The molecule has 2 fully saturated rings. The monoisotopic (exact) mass is 492 g/mol. The maximum Gasteiger partial charge on any atom is 0.416 e. The molecule has 1 heterocycles. The van der Waals surface area contributed by atoms with E-state index in [0.717, 1.165) is 49.9 Å². The Kier molecular flexibility index (Phi) is 11.4. The van der Waals surface area contributed by atoms with E-state index in [1.165, 1.54) is 23.6 Å². The molecule has 3 rings (SSSR count). The van der Waals surface area contributed by atoms with Gasteiger partial charge in [-0.25, -0.2) is 8.42 Å². The molecule has 0 radical (unpaired) electrons. The fraction of sp³-hybridized carbons (Fsp3) is 0.708. The summed E-state index contributed by atoms with van der Waals surface area (Å²) in [5, 5.41) is 2.98. The van der Waals surface area contributed by atoms with Gasteiger partial charge in [-0.15, -0.1) is 0 Å². The topological polar surface area (TPSA) is 66.5 Å². The van der Waals surface area contributed by atoms with Gasteiger partial charge in [0.05, 0.1) is 10.5 Å². The predicted molar refractivity (Wildman–Crippen MR) is 125 cm³/mol. The molecule has 0 aromatic heterocycles. The Morgan fingerprint density at radius 1 is 0.939 bits per heavy atom. The summed E-state index contributed by atoms with van der Waals surface area (Å²) in [5.74, 6) is 0.0907. The number of alkyl halides is 3. The molecule has 1 atom stereocenters. The second kappa shape index (κ2) is 12.7. The molecule has 1 N–H and O–H groups in total. The van der Waals surface area contributed by atoms with E-state index in [4.69, 9.17) is 0 Å². The van der Waals surface area contributed by atoms with Crippen molar-refractivity contribution < 1.29 is 26.4 Å². The third-order valence-corrected chi connectivity index (χ3v) is 8.33. The van der Waals surface area contributed by atoms with E-state index < -0.39 is 21.8 Å². The normalized spacial score (nSPS) is 20.8. The van der Waals surface area contributed by atoms with Gasteiger partial charge < -0.3 is 5.32 Å². The van der Waals surface area contributed by atoms with Crippen molar-refractivity contribution in [3.05, 3.63) is 29.8 Å². The zero-order chi connectivity index (χ0) is 22.5. The predicted octanol–water partition coefficient (Wildman–Crippen LogP) is 6.00. The number of nitrogens with zero attached hydrogens (tertiary/aromatic N) is 1. The number of amides is 1. The zero-order valence-corrected chi connectivity index (χ0v) is 18.5. The standard InChI is InChI=1S/C22H31F3N2O3S.2CH4/c23-22(24,25)18-10-12-20(13-11-18)31(29,30)27-16-6-9-19(27)14-15-26-21(28)17-7-4-2-1-3-5-8-17;;/h10-13,17,19H,1-9,14-16H2,(H,26,28);2*1H4. The Bertz CT molecular complexity index is 834. The van der Waals surface area contributed by atoms with Crippen molar-refractivity contribution >= 4 is 15.9 Å². The van der Waals surface area contributed by atoms with Crippen LogP contribution >= 0.6 is 0 Å². The highest BCUT2D eigenvalue weighted by molar-refractivity contribution is 7.89. The number of sulfonamides is 1. The fourth-order valence-corrected chi connectivity index (χ4v) is 6.31. The van der Waals surface area contributed by atoms with Gasteiger partial charge in [0.15, 0.2) is 0 Å². The average Bonchev–Trinajstić information content (AvgIpc) is 3.16. The van der Waals surface area contributed by atoms with E-state index in [9.17, 15) is 26.4 Å². The van der Waals surface area contributed by atoms with Crippen molar-refractivity contribution in [2.45, 2.75) is 96.2 Å². The maximum absolute atomic E-state index is 13.0. The van der Waals surface area contributed by atoms with Gasteiger partial charge in [-0.1, -0.05) is 47.0 Å². The molecular formula is C24H39F3N2O3S. The minimum Gasteiger partial charge on any atom is -0.356 e. The van der Waals surface area contributed by atoms with Crippen LogP contribution in [0, 0.1) is 5.92 Å². The highest BCUT2D eigenvalue weighted by atomic mass is 32.2. The van der Waals surface area contributed by atoms with Crippen LogP contribution in [0.15, 0.2) is 29.2 Å². The number of carbonyl (C=O) groups excluding carboxylic acids is 1. The van der Waals surface area contributed by atoms with Crippen molar-refractivity contribution in [3.8, 4) is 0 Å². The van der Waals surface area contributed by atoms with Gasteiger partial charge in [0, 0.05) is 25.0 Å². The van der Waals surface area contributed by atoms with Gasteiger partial charge >= 0.3 is 6.18 Å². The van der Waals surface area contributed by atoms with Crippen molar-refractivity contribution in [2.75, 3.05) is 13.1 Å². The maximum atomic E-state index is 13.0. The van der Waals surface area contributed by atoms with Gasteiger partial charge in [-0.05, 0) is 56.4 Å². The van der Waals surface area contributed by atoms with Crippen molar-refractivity contribution in [1.82, 2.24) is 9.62 Å². The van der Waals surface area contributed by atoms with Crippen molar-refractivity contribution in [1.29, 1.82) is 0 Å². The Hall–Kier alpha value is -1.61. The molecule has 0 bridgehead atoms. The SMILES string of the molecule is C.C.O=C(NCCC1CCCN1S(=O)(=O)c1ccc(C(F)(F)F)cc1)C1CCCCCCC1. The number of nitrogens with one attached hydrogen (secondary N) is 1. The molecule has 1 aromatic carbocycles. The molecule has 1 saturated heterocycles. The number of rotatable bonds is 6. The lowest BCUT2D eigenvalue weighted by atomic mass is 9.90. The zero-order valence-electron chi connectivity index (χ0n) is 17.7. The number of hydrogen-bond donors (Lipinski definition) is 1. The van der Waals surface area contributed by atoms with E-state index in [1.54, 1.807) is 0 Å². The van der Waals surface area contributed by atoms with Crippen LogP contribution in [0.25, 0.3) is 0 Å². The van der Waals surface area contributed by atoms with Gasteiger partial charge in [-0.2, -0.15) is 17.5 Å². The van der Waals surface area contributed by atoms with Crippen LogP contribution in [-0.4, -0.2) is 37.8 Å². The summed E-state index contributed by atoms with van der Waals surface area (Å²) in [7, 11) is -3.88. The summed E-state index contributed by atoms with van der Waals surface area (Å²) in [5.41, 5.74) is -0.874. The van der Waals surface area contributed by atoms with Crippen LogP contribution < -0.4 is 5.32 Å². The minimum atomic E-state index is -4.51. The Labute approximate surface area is 197 Å². The Balaban J connectivity index is 0.00000272. The van der Waals surface area contributed by atoms with Crippen LogP contribution in [0.4, 0.5) is 13.2 Å². The number of hydrogen-bond acceptors (Lipinski definition) is 3. The van der Waals surface area contributed by atoms with Crippen LogP contribution in [0.2, 0.25) is 0 Å². The van der Waals surface area contributed by atoms with E-state index >= 15 is 0 Å².